The van der Waals surface area contributed by atoms with Gasteiger partial charge < -0.3 is 47.3 Å². The first-order valence-electron chi connectivity index (χ1n) is 5.18. The molecule has 0 saturated heterocycles. The number of benzene rings is 2. The fraction of sp³-hybridized carbons (Fsp3) is 0.0769. The average molecular weight is 398 g/mol. The second kappa shape index (κ2) is 12.7. The molecule has 0 spiro atoms. The first-order chi connectivity index (χ1) is 8.33. The van der Waals surface area contributed by atoms with Crippen molar-refractivity contribution < 1.29 is 61.4 Å². The Balaban J connectivity index is -0.000000810. The van der Waals surface area contributed by atoms with Gasteiger partial charge in [0, 0.05) is 23.5 Å². The summed E-state index contributed by atoms with van der Waals surface area (Å²) in [7, 11) is 1.54. The number of rotatable bonds is 3. The van der Waals surface area contributed by atoms with Crippen molar-refractivity contribution >= 4 is 17.1 Å². The number of hydrogen-bond acceptors (Lipinski definition) is 3. The van der Waals surface area contributed by atoms with E-state index in [1.807, 2.05) is 36.4 Å². The second-order valence-electron chi connectivity index (χ2n) is 3.48. The van der Waals surface area contributed by atoms with Crippen molar-refractivity contribution in [3.63, 3.8) is 0 Å². The topological polar surface area (TPSA) is 49.4 Å². The predicted octanol–water partition coefficient (Wildman–Crippen LogP) is -5.07. The zero-order chi connectivity index (χ0) is 12.1. The summed E-state index contributed by atoms with van der Waals surface area (Å²) in [5, 5.41) is 12.0. The number of para-hydroxylation sites is 1. The van der Waals surface area contributed by atoms with E-state index in [0.29, 0.717) is 11.4 Å². The van der Waals surface area contributed by atoms with Crippen LogP contribution >= 0.6 is 0 Å². The minimum Gasteiger partial charge on any atom is -1.00 e. The third-order valence-electron chi connectivity index (χ3n) is 2.35. The molecule has 0 amide bonds. The summed E-state index contributed by atoms with van der Waals surface area (Å²) >= 11 is 0. The molecular weight excluding hydrogens is 386 g/mol. The van der Waals surface area contributed by atoms with Crippen LogP contribution in [0, 0.1) is 5.39 Å². The van der Waals surface area contributed by atoms with Crippen molar-refractivity contribution in [1.29, 1.82) is 5.39 Å². The van der Waals surface area contributed by atoms with Crippen LogP contribution in [0.3, 0.4) is 0 Å². The Labute approximate surface area is 155 Å². The van der Waals surface area contributed by atoms with Crippen molar-refractivity contribution in [2.45, 2.75) is 0 Å². The van der Waals surface area contributed by atoms with Crippen LogP contribution in [0.5, 0.6) is 5.75 Å². The summed E-state index contributed by atoms with van der Waals surface area (Å²) in [5.41, 5.74) is 2.27. The third-order valence-corrected chi connectivity index (χ3v) is 2.35. The monoisotopic (exact) mass is 395 g/mol. The smallest absolute Gasteiger partial charge is 1.00 e. The molecule has 0 atom stereocenters. The van der Waals surface area contributed by atoms with E-state index in [4.69, 9.17) is 10.1 Å². The van der Waals surface area contributed by atoms with Gasteiger partial charge in [0.15, 0.2) is 4.98 Å². The van der Waals surface area contributed by atoms with Crippen molar-refractivity contribution in [3.8, 4) is 5.75 Å². The predicted molar refractivity (Wildman–Crippen MR) is 67.5 cm³/mol. The van der Waals surface area contributed by atoms with Gasteiger partial charge in [0.25, 0.3) is 0 Å². The molecule has 0 radical (unpaired) electrons. The van der Waals surface area contributed by atoms with Crippen LogP contribution in [0.4, 0.5) is 17.1 Å². The van der Waals surface area contributed by atoms with Gasteiger partial charge in [-0.1, -0.05) is 18.2 Å². The number of halogens is 3. The minimum atomic E-state index is 0. The SMILES string of the molecule is COc1cc(Nc2ccccc2)ccc1[N+]#N.[Cl-].[Cl-].[Cl-].[Zn+2]. The number of anilines is 2. The van der Waals surface area contributed by atoms with Crippen LogP contribution in [-0.2, 0) is 19.5 Å². The van der Waals surface area contributed by atoms with Crippen molar-refractivity contribution in [1.82, 2.24) is 0 Å². The molecule has 108 valence electrons. The maximum atomic E-state index is 8.75. The fourth-order valence-electron chi connectivity index (χ4n) is 1.53. The van der Waals surface area contributed by atoms with E-state index in [1.54, 1.807) is 12.1 Å². The normalized spacial score (nSPS) is 7.62. The van der Waals surface area contributed by atoms with Crippen molar-refractivity contribution in [2.75, 3.05) is 12.4 Å². The molecule has 1 N–H and O–H groups in total. The third kappa shape index (κ3) is 6.97. The zero-order valence-corrected chi connectivity index (χ0v) is 16.5. The fourth-order valence-corrected chi connectivity index (χ4v) is 1.53. The first-order valence-corrected chi connectivity index (χ1v) is 5.18. The second-order valence-corrected chi connectivity index (χ2v) is 3.48. The molecule has 21 heavy (non-hydrogen) atoms. The van der Waals surface area contributed by atoms with Crippen LogP contribution in [0.2, 0.25) is 0 Å². The minimum absolute atomic E-state index is 0. The Morgan fingerprint density at radius 2 is 1.57 bits per heavy atom. The zero-order valence-electron chi connectivity index (χ0n) is 11.3. The van der Waals surface area contributed by atoms with Crippen LogP contribution in [0.15, 0.2) is 48.5 Å². The van der Waals surface area contributed by atoms with E-state index in [9.17, 15) is 0 Å². The number of diazo groups is 1. The molecule has 0 heterocycles. The summed E-state index contributed by atoms with van der Waals surface area (Å²) in [6.45, 7) is 0. The quantitative estimate of drug-likeness (QED) is 0.416. The molecule has 0 aliphatic heterocycles. The number of hydrogen-bond donors (Lipinski definition) is 1. The molecular formula is C13H12Cl3N3OZn. The largest absolute Gasteiger partial charge is 2.00 e. The Morgan fingerprint density at radius 1 is 0.952 bits per heavy atom. The molecule has 0 unspecified atom stereocenters. The molecule has 0 saturated carbocycles. The standard InChI is InChI=1S/C13H12N3O.3ClH.Zn/c1-17-13-9-11(7-8-12(13)16-14)15-10-5-3-2-4-6-10;;;;/h2-9,15H,1H3;3*1H;/q+1;;;;+2/p-3. The molecule has 4 nitrogen and oxygen atoms in total. The van der Waals surface area contributed by atoms with Gasteiger partial charge in [0.2, 0.25) is 11.1 Å². The molecule has 2 aromatic rings. The van der Waals surface area contributed by atoms with E-state index >= 15 is 0 Å². The number of nitrogens with one attached hydrogen (secondary N) is 1. The van der Waals surface area contributed by atoms with Gasteiger partial charge in [-0.3, -0.25) is 0 Å². The number of methoxy groups -OCH3 is 1. The molecule has 8 heteroatoms. The molecule has 0 fully saturated rings. The van der Waals surface area contributed by atoms with E-state index < -0.39 is 0 Å². The Hall–Kier alpha value is -1.05. The van der Waals surface area contributed by atoms with Crippen molar-refractivity contribution in [2.24, 2.45) is 0 Å². The molecule has 2 rings (SSSR count). The number of ether oxygens (including phenoxy) is 1. The first kappa shape index (κ1) is 24.9. The summed E-state index contributed by atoms with van der Waals surface area (Å²) in [6.07, 6.45) is 0. The van der Waals surface area contributed by atoms with Gasteiger partial charge in [-0.2, -0.15) is 0 Å². The van der Waals surface area contributed by atoms with E-state index in [-0.39, 0.29) is 56.7 Å². The summed E-state index contributed by atoms with van der Waals surface area (Å²) in [4.78, 5) is 3.14. The molecule has 2 aromatic carbocycles. The Morgan fingerprint density at radius 3 is 2.10 bits per heavy atom. The van der Waals surface area contributed by atoms with E-state index in [2.05, 4.69) is 10.3 Å². The van der Waals surface area contributed by atoms with Gasteiger partial charge in [-0.25, -0.2) is 0 Å². The Bertz CT molecular complexity index is 564. The van der Waals surface area contributed by atoms with Gasteiger partial charge in [-0.05, 0) is 18.2 Å². The van der Waals surface area contributed by atoms with Crippen LogP contribution < -0.4 is 47.3 Å². The van der Waals surface area contributed by atoms with Gasteiger partial charge >= 0.3 is 25.2 Å². The molecule has 0 bridgehead atoms. The number of nitrogens with zero attached hydrogens (tertiary/aromatic N) is 2. The van der Waals surface area contributed by atoms with Gasteiger partial charge in [0.05, 0.1) is 7.11 Å². The summed E-state index contributed by atoms with van der Waals surface area (Å²) < 4.78 is 5.12. The summed E-state index contributed by atoms with van der Waals surface area (Å²) in [5.74, 6) is 0.522. The molecule has 0 aromatic heterocycles. The average Bonchev–Trinajstić information content (AvgIpc) is 2.40. The maximum Gasteiger partial charge on any atom is 2.00 e. The summed E-state index contributed by atoms with van der Waals surface area (Å²) in [6, 6.07) is 15.1. The molecule has 0 aliphatic carbocycles. The van der Waals surface area contributed by atoms with E-state index in [0.717, 1.165) is 11.4 Å². The van der Waals surface area contributed by atoms with Crippen LogP contribution in [0.1, 0.15) is 0 Å². The van der Waals surface area contributed by atoms with Crippen LogP contribution in [-0.4, -0.2) is 7.11 Å². The van der Waals surface area contributed by atoms with Gasteiger partial charge in [0.1, 0.15) is 0 Å². The Kier molecular flexibility index (Phi) is 15.1. The van der Waals surface area contributed by atoms with Crippen molar-refractivity contribution in [3.05, 3.63) is 53.5 Å². The van der Waals surface area contributed by atoms with E-state index in [1.165, 1.54) is 7.11 Å². The molecule has 0 aliphatic rings. The maximum absolute atomic E-state index is 8.75. The van der Waals surface area contributed by atoms with Crippen LogP contribution in [0.25, 0.3) is 4.98 Å². The van der Waals surface area contributed by atoms with Gasteiger partial charge in [-0.15, -0.1) is 0 Å².